The molecule has 2 N–H and O–H groups in total. The van der Waals surface area contributed by atoms with E-state index >= 15 is 0 Å². The van der Waals surface area contributed by atoms with E-state index in [0.29, 0.717) is 6.04 Å². The predicted molar refractivity (Wildman–Crippen MR) is 70.4 cm³/mol. The van der Waals surface area contributed by atoms with E-state index in [2.05, 4.69) is 37.1 Å². The second-order valence-electron chi connectivity index (χ2n) is 4.75. The molecule has 2 aromatic heterocycles. The van der Waals surface area contributed by atoms with Gasteiger partial charge in [-0.3, -0.25) is 0 Å². The highest BCUT2D eigenvalue weighted by Crippen LogP contribution is 2.19. The average Bonchev–Trinajstić information content (AvgIpc) is 2.99. The van der Waals surface area contributed by atoms with Crippen molar-refractivity contribution in [2.75, 3.05) is 25.0 Å². The molecule has 0 radical (unpaired) electrons. The third-order valence-corrected chi connectivity index (χ3v) is 3.38. The number of likely N-dealkylation sites (tertiary alicyclic amines) is 1. The van der Waals surface area contributed by atoms with E-state index in [-0.39, 0.29) is 0 Å². The van der Waals surface area contributed by atoms with Crippen molar-refractivity contribution in [3.63, 3.8) is 0 Å². The normalized spacial score (nSPS) is 20.6. The summed E-state index contributed by atoms with van der Waals surface area (Å²) < 4.78 is 0. The minimum absolute atomic E-state index is 0.470. The number of hydrogen-bond donors (Lipinski definition) is 2. The molecule has 0 saturated carbocycles. The van der Waals surface area contributed by atoms with Crippen molar-refractivity contribution in [1.29, 1.82) is 0 Å². The lowest BCUT2D eigenvalue weighted by molar-refractivity contribution is 0.337. The van der Waals surface area contributed by atoms with Crippen LogP contribution in [0.25, 0.3) is 11.2 Å². The summed E-state index contributed by atoms with van der Waals surface area (Å²) in [5, 5.41) is 3.49. The third-order valence-electron chi connectivity index (χ3n) is 3.38. The van der Waals surface area contributed by atoms with Crippen LogP contribution < -0.4 is 5.32 Å². The smallest absolute Gasteiger partial charge is 0.182 e. The number of fused-ring (bicyclic) bond motifs is 1. The van der Waals surface area contributed by atoms with Gasteiger partial charge in [-0.25, -0.2) is 15.0 Å². The van der Waals surface area contributed by atoms with Crippen molar-refractivity contribution in [2.24, 2.45) is 0 Å². The van der Waals surface area contributed by atoms with Gasteiger partial charge in [0.2, 0.25) is 0 Å². The van der Waals surface area contributed by atoms with E-state index in [0.717, 1.165) is 23.5 Å². The molecule has 2 aromatic rings. The van der Waals surface area contributed by atoms with E-state index < -0.39 is 0 Å². The quantitative estimate of drug-likeness (QED) is 0.849. The van der Waals surface area contributed by atoms with E-state index in [4.69, 9.17) is 0 Å². The van der Waals surface area contributed by atoms with Gasteiger partial charge in [-0.1, -0.05) is 6.92 Å². The van der Waals surface area contributed by atoms with Crippen LogP contribution in [0.1, 0.15) is 19.8 Å². The maximum atomic E-state index is 4.30. The highest BCUT2D eigenvalue weighted by atomic mass is 15.2. The minimum atomic E-state index is 0.470. The van der Waals surface area contributed by atoms with E-state index in [9.17, 15) is 0 Å². The van der Waals surface area contributed by atoms with Gasteiger partial charge in [0.25, 0.3) is 0 Å². The van der Waals surface area contributed by atoms with Crippen molar-refractivity contribution in [1.82, 2.24) is 24.8 Å². The molecule has 6 heteroatoms. The Morgan fingerprint density at radius 1 is 1.44 bits per heavy atom. The largest absolute Gasteiger partial charge is 0.364 e. The van der Waals surface area contributed by atoms with Crippen LogP contribution in [0.2, 0.25) is 0 Å². The standard InChI is InChI=1S/C12H18N6/c1-2-4-18-5-3-9(6-18)17-12-10-11(14-7-13-10)15-8-16-12/h7-9H,2-6H2,1H3,(H2,13,14,15,16,17). The van der Waals surface area contributed by atoms with E-state index in [1.165, 1.54) is 25.9 Å². The molecule has 1 aliphatic rings. The fraction of sp³-hybridized carbons (Fsp3) is 0.583. The first-order valence-corrected chi connectivity index (χ1v) is 6.50. The lowest BCUT2D eigenvalue weighted by atomic mass is 10.2. The zero-order valence-electron chi connectivity index (χ0n) is 10.6. The predicted octanol–water partition coefficient (Wildman–Crippen LogP) is 1.25. The molecule has 1 saturated heterocycles. The molecule has 1 aliphatic heterocycles. The second-order valence-corrected chi connectivity index (χ2v) is 4.75. The van der Waals surface area contributed by atoms with Crippen molar-refractivity contribution < 1.29 is 0 Å². The average molecular weight is 246 g/mol. The number of H-pyrrole nitrogens is 1. The molecular formula is C12H18N6. The van der Waals surface area contributed by atoms with Crippen LogP contribution in [0, 0.1) is 0 Å². The Balaban J connectivity index is 1.71. The number of rotatable bonds is 4. The zero-order chi connectivity index (χ0) is 12.4. The molecule has 0 aliphatic carbocycles. The number of aromatic amines is 1. The molecule has 96 valence electrons. The fourth-order valence-electron chi connectivity index (χ4n) is 2.54. The number of anilines is 1. The minimum Gasteiger partial charge on any atom is -0.364 e. The molecule has 3 rings (SSSR count). The molecular weight excluding hydrogens is 228 g/mol. The highest BCUT2D eigenvalue weighted by molar-refractivity contribution is 5.82. The number of imidazole rings is 1. The van der Waals surface area contributed by atoms with Gasteiger partial charge in [0.05, 0.1) is 6.33 Å². The molecule has 18 heavy (non-hydrogen) atoms. The van der Waals surface area contributed by atoms with Crippen LogP contribution >= 0.6 is 0 Å². The van der Waals surface area contributed by atoms with Gasteiger partial charge < -0.3 is 15.2 Å². The van der Waals surface area contributed by atoms with Gasteiger partial charge in [-0.15, -0.1) is 0 Å². The Hall–Kier alpha value is -1.69. The van der Waals surface area contributed by atoms with Crippen LogP contribution in [-0.2, 0) is 0 Å². The Morgan fingerprint density at radius 2 is 2.39 bits per heavy atom. The topological polar surface area (TPSA) is 69.7 Å². The van der Waals surface area contributed by atoms with Crippen molar-refractivity contribution in [3.05, 3.63) is 12.7 Å². The molecule has 6 nitrogen and oxygen atoms in total. The van der Waals surface area contributed by atoms with E-state index in [1.54, 1.807) is 12.7 Å². The summed E-state index contributed by atoms with van der Waals surface area (Å²) in [6.45, 7) is 5.66. The molecule has 0 aromatic carbocycles. The summed E-state index contributed by atoms with van der Waals surface area (Å²) in [4.78, 5) is 18.1. The third kappa shape index (κ3) is 2.15. The summed E-state index contributed by atoms with van der Waals surface area (Å²) in [5.74, 6) is 0.862. The first kappa shape index (κ1) is 11.4. The molecule has 3 heterocycles. The van der Waals surface area contributed by atoms with Crippen LogP contribution in [0.4, 0.5) is 5.82 Å². The van der Waals surface area contributed by atoms with Crippen LogP contribution in [-0.4, -0.2) is 50.5 Å². The molecule has 0 spiro atoms. The van der Waals surface area contributed by atoms with Gasteiger partial charge in [0.1, 0.15) is 11.8 Å². The Morgan fingerprint density at radius 3 is 3.28 bits per heavy atom. The van der Waals surface area contributed by atoms with Crippen LogP contribution in [0.5, 0.6) is 0 Å². The van der Waals surface area contributed by atoms with Gasteiger partial charge >= 0.3 is 0 Å². The summed E-state index contributed by atoms with van der Waals surface area (Å²) in [7, 11) is 0. The Bertz CT molecular complexity index is 522. The van der Waals surface area contributed by atoms with Gasteiger partial charge in [-0.2, -0.15) is 0 Å². The van der Waals surface area contributed by atoms with Crippen LogP contribution in [0.3, 0.4) is 0 Å². The maximum Gasteiger partial charge on any atom is 0.182 e. The van der Waals surface area contributed by atoms with Gasteiger partial charge in [0.15, 0.2) is 11.5 Å². The Kier molecular flexibility index (Phi) is 3.10. The number of nitrogens with zero attached hydrogens (tertiary/aromatic N) is 4. The zero-order valence-corrected chi connectivity index (χ0v) is 10.6. The van der Waals surface area contributed by atoms with Crippen molar-refractivity contribution >= 4 is 17.0 Å². The number of nitrogens with one attached hydrogen (secondary N) is 2. The molecule has 1 fully saturated rings. The summed E-state index contributed by atoms with van der Waals surface area (Å²) in [6.07, 6.45) is 5.59. The Labute approximate surface area is 106 Å². The summed E-state index contributed by atoms with van der Waals surface area (Å²) in [5.41, 5.74) is 1.61. The van der Waals surface area contributed by atoms with Gasteiger partial charge in [-0.05, 0) is 19.4 Å². The van der Waals surface area contributed by atoms with E-state index in [1.807, 2.05) is 0 Å². The maximum absolute atomic E-state index is 4.30. The summed E-state index contributed by atoms with van der Waals surface area (Å²) in [6, 6.07) is 0.470. The van der Waals surface area contributed by atoms with Crippen LogP contribution in [0.15, 0.2) is 12.7 Å². The molecule has 1 unspecified atom stereocenters. The molecule has 0 amide bonds. The van der Waals surface area contributed by atoms with Gasteiger partial charge in [0, 0.05) is 19.1 Å². The highest BCUT2D eigenvalue weighted by Gasteiger charge is 2.22. The SMILES string of the molecule is CCCN1CCC(Nc2ncnc3nc[nH]c23)C1. The molecule has 1 atom stereocenters. The fourth-order valence-corrected chi connectivity index (χ4v) is 2.54. The summed E-state index contributed by atoms with van der Waals surface area (Å²) >= 11 is 0. The second kappa shape index (κ2) is 4.89. The first-order chi connectivity index (χ1) is 8.86. The lowest BCUT2D eigenvalue weighted by Gasteiger charge is -2.16. The number of aromatic nitrogens is 4. The van der Waals surface area contributed by atoms with Crippen molar-refractivity contribution in [2.45, 2.75) is 25.8 Å². The monoisotopic (exact) mass is 246 g/mol. The van der Waals surface area contributed by atoms with Crippen molar-refractivity contribution in [3.8, 4) is 0 Å². The first-order valence-electron chi connectivity index (χ1n) is 6.50. The number of hydrogen-bond acceptors (Lipinski definition) is 5. The molecule has 0 bridgehead atoms. The lowest BCUT2D eigenvalue weighted by Crippen LogP contribution is -2.27.